The minimum atomic E-state index is 0.133. The zero-order chi connectivity index (χ0) is 13.5. The largest absolute Gasteiger partial charge is 0.380 e. The number of hydrogen-bond acceptors (Lipinski definition) is 2. The molecule has 1 aromatic carbocycles. The molecule has 0 spiro atoms. The predicted molar refractivity (Wildman–Crippen MR) is 75.5 cm³/mol. The van der Waals surface area contributed by atoms with Gasteiger partial charge in [0.2, 0.25) is 5.91 Å². The molecule has 0 aromatic heterocycles. The van der Waals surface area contributed by atoms with Crippen molar-refractivity contribution in [1.82, 2.24) is 5.32 Å². The van der Waals surface area contributed by atoms with Gasteiger partial charge >= 0.3 is 0 Å². The van der Waals surface area contributed by atoms with E-state index in [9.17, 15) is 4.79 Å². The van der Waals surface area contributed by atoms with Gasteiger partial charge in [-0.15, -0.1) is 0 Å². The standard InChI is InChI=1S/C16H21NO2/c1-19-12-15-8-4-7-14(9-15)11-17-16(18)10-13-5-2-3-6-13/h2,4-5,7-9,13H,3,6,10-12H2,1H3,(H,17,18)/t13-/m1/s1. The van der Waals surface area contributed by atoms with Crippen LogP contribution in [0, 0.1) is 5.92 Å². The lowest BCUT2D eigenvalue weighted by Gasteiger charge is -2.09. The van der Waals surface area contributed by atoms with Crippen LogP contribution in [0.25, 0.3) is 0 Å². The van der Waals surface area contributed by atoms with Crippen molar-refractivity contribution >= 4 is 5.91 Å². The third-order valence-corrected chi connectivity index (χ3v) is 3.35. The zero-order valence-electron chi connectivity index (χ0n) is 11.4. The number of ether oxygens (including phenoxy) is 1. The first kappa shape index (κ1) is 13.8. The van der Waals surface area contributed by atoms with E-state index in [-0.39, 0.29) is 5.91 Å². The third-order valence-electron chi connectivity index (χ3n) is 3.35. The summed E-state index contributed by atoms with van der Waals surface area (Å²) >= 11 is 0. The summed E-state index contributed by atoms with van der Waals surface area (Å²) in [4.78, 5) is 11.8. The summed E-state index contributed by atoms with van der Waals surface area (Å²) in [5.74, 6) is 0.563. The Morgan fingerprint density at radius 1 is 1.42 bits per heavy atom. The average molecular weight is 259 g/mol. The molecule has 1 aliphatic rings. The number of benzene rings is 1. The number of amides is 1. The lowest BCUT2D eigenvalue weighted by atomic mass is 10.0. The fourth-order valence-electron chi connectivity index (χ4n) is 2.37. The Kier molecular flexibility index (Phi) is 5.16. The first-order chi connectivity index (χ1) is 9.28. The van der Waals surface area contributed by atoms with E-state index in [0.29, 0.717) is 25.5 Å². The van der Waals surface area contributed by atoms with Crippen LogP contribution in [0.15, 0.2) is 36.4 Å². The quantitative estimate of drug-likeness (QED) is 0.798. The molecule has 0 radical (unpaired) electrons. The van der Waals surface area contributed by atoms with Crippen LogP contribution in [0.3, 0.4) is 0 Å². The van der Waals surface area contributed by atoms with Crippen LogP contribution in [0.2, 0.25) is 0 Å². The minimum Gasteiger partial charge on any atom is -0.380 e. The van der Waals surface area contributed by atoms with Crippen LogP contribution in [0.5, 0.6) is 0 Å². The van der Waals surface area contributed by atoms with Crippen molar-refractivity contribution < 1.29 is 9.53 Å². The smallest absolute Gasteiger partial charge is 0.220 e. The molecule has 1 N–H and O–H groups in total. The van der Waals surface area contributed by atoms with Crippen LogP contribution in [-0.4, -0.2) is 13.0 Å². The van der Waals surface area contributed by atoms with E-state index in [1.165, 1.54) is 0 Å². The number of allylic oxidation sites excluding steroid dienone is 2. The van der Waals surface area contributed by atoms with E-state index < -0.39 is 0 Å². The Labute approximate surface area is 114 Å². The summed E-state index contributed by atoms with van der Waals surface area (Å²) in [7, 11) is 1.68. The van der Waals surface area contributed by atoms with Gasteiger partial charge in [0.05, 0.1) is 6.61 Å². The van der Waals surface area contributed by atoms with Crippen molar-refractivity contribution in [2.45, 2.75) is 32.4 Å². The lowest BCUT2D eigenvalue weighted by molar-refractivity contribution is -0.121. The fourth-order valence-corrected chi connectivity index (χ4v) is 2.37. The second-order valence-corrected chi connectivity index (χ2v) is 5.00. The molecular weight excluding hydrogens is 238 g/mol. The summed E-state index contributed by atoms with van der Waals surface area (Å²) in [6.45, 7) is 1.20. The molecule has 0 heterocycles. The fraction of sp³-hybridized carbons (Fsp3) is 0.438. The topological polar surface area (TPSA) is 38.3 Å². The first-order valence-electron chi connectivity index (χ1n) is 6.78. The molecule has 1 aliphatic carbocycles. The molecule has 0 unspecified atom stereocenters. The molecule has 1 amide bonds. The van der Waals surface area contributed by atoms with Gasteiger partial charge in [-0.1, -0.05) is 36.4 Å². The van der Waals surface area contributed by atoms with Gasteiger partial charge in [0.25, 0.3) is 0 Å². The van der Waals surface area contributed by atoms with Gasteiger partial charge in [-0.3, -0.25) is 4.79 Å². The van der Waals surface area contributed by atoms with Gasteiger partial charge in [-0.2, -0.15) is 0 Å². The maximum Gasteiger partial charge on any atom is 0.220 e. The number of nitrogens with one attached hydrogen (secondary N) is 1. The Balaban J connectivity index is 1.79. The van der Waals surface area contributed by atoms with E-state index in [0.717, 1.165) is 24.0 Å². The first-order valence-corrected chi connectivity index (χ1v) is 6.78. The Bertz CT molecular complexity index is 454. The Morgan fingerprint density at radius 2 is 2.26 bits per heavy atom. The van der Waals surface area contributed by atoms with Crippen LogP contribution in [0.4, 0.5) is 0 Å². The minimum absolute atomic E-state index is 0.133. The van der Waals surface area contributed by atoms with Crippen molar-refractivity contribution in [2.75, 3.05) is 7.11 Å². The van der Waals surface area contributed by atoms with Crippen LogP contribution in [-0.2, 0) is 22.7 Å². The maximum absolute atomic E-state index is 11.8. The number of methoxy groups -OCH3 is 1. The Morgan fingerprint density at radius 3 is 3.00 bits per heavy atom. The van der Waals surface area contributed by atoms with E-state index in [4.69, 9.17) is 4.74 Å². The van der Waals surface area contributed by atoms with Crippen LogP contribution < -0.4 is 5.32 Å². The summed E-state index contributed by atoms with van der Waals surface area (Å²) in [5.41, 5.74) is 2.25. The Hall–Kier alpha value is -1.61. The highest BCUT2D eigenvalue weighted by Crippen LogP contribution is 2.20. The number of carbonyl (C=O) groups excluding carboxylic acids is 1. The van der Waals surface area contributed by atoms with Crippen molar-refractivity contribution in [3.8, 4) is 0 Å². The highest BCUT2D eigenvalue weighted by atomic mass is 16.5. The molecule has 0 saturated carbocycles. The van der Waals surface area contributed by atoms with Gasteiger partial charge in [-0.05, 0) is 29.9 Å². The molecule has 0 aliphatic heterocycles. The second-order valence-electron chi connectivity index (χ2n) is 5.00. The summed E-state index contributed by atoms with van der Waals surface area (Å²) in [5, 5.41) is 2.98. The van der Waals surface area contributed by atoms with Gasteiger partial charge in [-0.25, -0.2) is 0 Å². The summed E-state index contributed by atoms with van der Waals surface area (Å²) in [6.07, 6.45) is 7.13. The molecule has 3 nitrogen and oxygen atoms in total. The number of rotatable bonds is 6. The molecule has 19 heavy (non-hydrogen) atoms. The normalized spacial score (nSPS) is 17.6. The van der Waals surface area contributed by atoms with Gasteiger partial charge in [0.1, 0.15) is 0 Å². The highest BCUT2D eigenvalue weighted by molar-refractivity contribution is 5.76. The van der Waals surface area contributed by atoms with Gasteiger partial charge in [0.15, 0.2) is 0 Å². The third kappa shape index (κ3) is 4.52. The predicted octanol–water partition coefficient (Wildman–Crippen LogP) is 2.81. The molecule has 0 saturated heterocycles. The molecule has 1 atom stereocenters. The molecule has 102 valence electrons. The van der Waals surface area contributed by atoms with Crippen molar-refractivity contribution in [1.29, 1.82) is 0 Å². The lowest BCUT2D eigenvalue weighted by Crippen LogP contribution is -2.24. The van der Waals surface area contributed by atoms with Crippen molar-refractivity contribution in [3.05, 3.63) is 47.5 Å². The van der Waals surface area contributed by atoms with E-state index in [1.54, 1.807) is 7.11 Å². The summed E-state index contributed by atoms with van der Waals surface area (Å²) < 4.78 is 5.10. The number of hydrogen-bond donors (Lipinski definition) is 1. The van der Waals surface area contributed by atoms with Gasteiger partial charge < -0.3 is 10.1 Å². The van der Waals surface area contributed by atoms with E-state index in [2.05, 4.69) is 23.5 Å². The molecule has 1 aromatic rings. The molecule has 0 bridgehead atoms. The molecular formula is C16H21NO2. The molecule has 0 fully saturated rings. The van der Waals surface area contributed by atoms with Crippen LogP contribution >= 0.6 is 0 Å². The molecule has 3 heteroatoms. The SMILES string of the molecule is COCc1cccc(CNC(=O)C[C@@H]2C=CCC2)c1. The van der Waals surface area contributed by atoms with E-state index in [1.807, 2.05) is 18.2 Å². The second kappa shape index (κ2) is 7.10. The van der Waals surface area contributed by atoms with Crippen molar-refractivity contribution in [2.24, 2.45) is 5.92 Å². The monoisotopic (exact) mass is 259 g/mol. The summed E-state index contributed by atoms with van der Waals surface area (Å²) in [6, 6.07) is 8.11. The van der Waals surface area contributed by atoms with Gasteiger partial charge in [0, 0.05) is 20.1 Å². The van der Waals surface area contributed by atoms with Crippen LogP contribution in [0.1, 0.15) is 30.4 Å². The maximum atomic E-state index is 11.8. The zero-order valence-corrected chi connectivity index (χ0v) is 11.4. The molecule has 2 rings (SSSR count). The number of carbonyl (C=O) groups is 1. The average Bonchev–Trinajstić information content (AvgIpc) is 2.90. The highest BCUT2D eigenvalue weighted by Gasteiger charge is 2.13. The van der Waals surface area contributed by atoms with Crippen molar-refractivity contribution in [3.63, 3.8) is 0 Å². The van der Waals surface area contributed by atoms with E-state index >= 15 is 0 Å².